The van der Waals surface area contributed by atoms with Gasteiger partial charge in [0.25, 0.3) is 0 Å². The maximum atomic E-state index is 12.3. The van der Waals surface area contributed by atoms with Crippen LogP contribution in [-0.4, -0.2) is 11.9 Å². The summed E-state index contributed by atoms with van der Waals surface area (Å²) in [5.74, 6) is 0.662. The molecule has 0 spiro atoms. The fourth-order valence-electron chi connectivity index (χ4n) is 2.85. The van der Waals surface area contributed by atoms with Crippen LogP contribution in [0.5, 0.6) is 5.75 Å². The summed E-state index contributed by atoms with van der Waals surface area (Å²) in [7, 11) is 0. The predicted octanol–water partition coefficient (Wildman–Crippen LogP) is 6.58. The van der Waals surface area contributed by atoms with E-state index < -0.39 is 5.97 Å². The van der Waals surface area contributed by atoms with Gasteiger partial charge in [0.2, 0.25) is 5.90 Å². The minimum absolute atomic E-state index is 0.269. The Morgan fingerprint density at radius 2 is 1.67 bits per heavy atom. The van der Waals surface area contributed by atoms with E-state index in [9.17, 15) is 4.79 Å². The highest BCUT2D eigenvalue weighted by Crippen LogP contribution is 2.31. The number of hydrogen-bond acceptors (Lipinski definition) is 4. The number of esters is 1. The number of carbonyl (C=O) groups excluding carboxylic acids is 1. The minimum atomic E-state index is -0.463. The van der Waals surface area contributed by atoms with Crippen molar-refractivity contribution in [2.75, 3.05) is 0 Å². The van der Waals surface area contributed by atoms with E-state index in [1.165, 1.54) is 0 Å². The van der Waals surface area contributed by atoms with Gasteiger partial charge in [-0.05, 0) is 103 Å². The fourth-order valence-corrected chi connectivity index (χ4v) is 5.43. The third-order valence-electron chi connectivity index (χ3n) is 4.27. The van der Waals surface area contributed by atoms with Crippen LogP contribution in [0.4, 0.5) is 0 Å². The van der Waals surface area contributed by atoms with E-state index in [2.05, 4.69) is 66.1 Å². The molecule has 1 aliphatic heterocycles. The molecular weight excluding hydrogens is 672 g/mol. The van der Waals surface area contributed by atoms with Crippen molar-refractivity contribution in [3.8, 4) is 5.75 Å². The Kier molecular flexibility index (Phi) is 6.89. The first-order valence-corrected chi connectivity index (χ1v) is 11.9. The number of carbonyl (C=O) groups is 1. The highest BCUT2D eigenvalue weighted by atomic mass is 127. The Labute approximate surface area is 209 Å². The number of hydrogen-bond donors (Lipinski definition) is 0. The zero-order chi connectivity index (χ0) is 21.1. The van der Waals surface area contributed by atoms with Gasteiger partial charge in [-0.25, -0.2) is 9.79 Å². The van der Waals surface area contributed by atoms with Gasteiger partial charge in [-0.15, -0.1) is 0 Å². The van der Waals surface area contributed by atoms with Crippen LogP contribution < -0.4 is 4.74 Å². The summed E-state index contributed by atoms with van der Waals surface area (Å²) >= 11 is 7.96. The molecule has 0 fully saturated rings. The topological polar surface area (TPSA) is 47.9 Å². The molecule has 0 atom stereocenters. The molecular formula is C23H14BrI2NO3. The second-order valence-corrected chi connectivity index (χ2v) is 9.58. The average molecular weight is 686 g/mol. The van der Waals surface area contributed by atoms with Crippen molar-refractivity contribution in [1.82, 2.24) is 0 Å². The predicted molar refractivity (Wildman–Crippen MR) is 137 cm³/mol. The zero-order valence-corrected chi connectivity index (χ0v) is 21.3. The zero-order valence-electron chi connectivity index (χ0n) is 15.4. The third-order valence-corrected chi connectivity index (χ3v) is 6.57. The molecule has 3 aromatic rings. The van der Waals surface area contributed by atoms with Crippen molar-refractivity contribution >= 4 is 79.1 Å². The lowest BCUT2D eigenvalue weighted by atomic mass is 10.2. The Bertz CT molecular complexity index is 1150. The molecule has 0 saturated heterocycles. The molecule has 0 N–H and O–H groups in total. The van der Waals surface area contributed by atoms with Crippen LogP contribution in [-0.2, 0) is 16.1 Å². The Morgan fingerprint density at radius 3 is 2.37 bits per heavy atom. The number of nitrogens with zero attached hydrogens (tertiary/aromatic N) is 1. The van der Waals surface area contributed by atoms with E-state index in [-0.39, 0.29) is 5.70 Å². The summed E-state index contributed by atoms with van der Waals surface area (Å²) in [5, 5.41) is 0. The summed E-state index contributed by atoms with van der Waals surface area (Å²) in [6.07, 6.45) is 1.73. The quantitative estimate of drug-likeness (QED) is 0.173. The van der Waals surface area contributed by atoms with Crippen molar-refractivity contribution in [2.45, 2.75) is 6.61 Å². The molecule has 0 unspecified atom stereocenters. The van der Waals surface area contributed by atoms with Gasteiger partial charge in [-0.2, -0.15) is 0 Å². The standard InChI is InChI=1S/C23H14BrI2NO3/c24-17-9-5-4-8-16(17)22-27-20(23(28)30-22)12-15-10-18(25)21(19(26)11-15)29-13-14-6-2-1-3-7-14/h1-12H,13H2/b20-12-. The molecule has 0 bridgehead atoms. The van der Waals surface area contributed by atoms with Gasteiger partial charge < -0.3 is 9.47 Å². The molecule has 0 aliphatic carbocycles. The molecule has 30 heavy (non-hydrogen) atoms. The first kappa shape index (κ1) is 21.5. The van der Waals surface area contributed by atoms with Crippen LogP contribution in [0, 0.1) is 7.14 Å². The SMILES string of the molecule is O=C1OC(c2ccccc2Br)=N/C1=C\c1cc(I)c(OCc2ccccc2)c(I)c1. The lowest BCUT2D eigenvalue weighted by molar-refractivity contribution is -0.129. The number of cyclic esters (lactones) is 1. The molecule has 4 rings (SSSR count). The molecule has 3 aromatic carbocycles. The Morgan fingerprint density at radius 1 is 1.00 bits per heavy atom. The van der Waals surface area contributed by atoms with Crippen LogP contribution in [0.3, 0.4) is 0 Å². The summed E-state index contributed by atoms with van der Waals surface area (Å²) < 4.78 is 14.1. The largest absolute Gasteiger partial charge is 0.487 e. The van der Waals surface area contributed by atoms with Crippen LogP contribution in [0.1, 0.15) is 16.7 Å². The van der Waals surface area contributed by atoms with Crippen LogP contribution in [0.15, 0.2) is 81.9 Å². The normalized spacial score (nSPS) is 14.6. The minimum Gasteiger partial charge on any atom is -0.487 e. The van der Waals surface area contributed by atoms with E-state index in [0.29, 0.717) is 12.5 Å². The first-order valence-electron chi connectivity index (χ1n) is 8.94. The monoisotopic (exact) mass is 685 g/mol. The van der Waals surface area contributed by atoms with Crippen molar-refractivity contribution in [3.63, 3.8) is 0 Å². The summed E-state index contributed by atoms with van der Waals surface area (Å²) in [5.41, 5.74) is 2.98. The maximum absolute atomic E-state index is 12.3. The molecule has 150 valence electrons. The van der Waals surface area contributed by atoms with Crippen LogP contribution in [0.2, 0.25) is 0 Å². The number of rotatable bonds is 5. The number of benzene rings is 3. The van der Waals surface area contributed by atoms with Gasteiger partial charge in [-0.3, -0.25) is 0 Å². The van der Waals surface area contributed by atoms with Gasteiger partial charge >= 0.3 is 5.97 Å². The smallest absolute Gasteiger partial charge is 0.363 e. The molecule has 1 heterocycles. The number of aliphatic imine (C=N–C) groups is 1. The van der Waals surface area contributed by atoms with Crippen molar-refractivity contribution in [3.05, 3.63) is 101 Å². The lowest BCUT2D eigenvalue weighted by Crippen LogP contribution is -2.05. The number of halogens is 3. The fraction of sp³-hybridized carbons (Fsp3) is 0.0435. The Balaban J connectivity index is 1.58. The average Bonchev–Trinajstić information content (AvgIpc) is 3.08. The molecule has 0 aromatic heterocycles. The van der Waals surface area contributed by atoms with Crippen LogP contribution in [0.25, 0.3) is 6.08 Å². The molecule has 0 saturated carbocycles. The molecule has 7 heteroatoms. The second-order valence-electron chi connectivity index (χ2n) is 6.40. The van der Waals surface area contributed by atoms with E-state index >= 15 is 0 Å². The summed E-state index contributed by atoms with van der Waals surface area (Å²) in [6.45, 7) is 0.499. The van der Waals surface area contributed by atoms with Crippen LogP contribution >= 0.6 is 61.1 Å². The van der Waals surface area contributed by atoms with Gasteiger partial charge in [0.15, 0.2) is 5.70 Å². The molecule has 0 radical (unpaired) electrons. The van der Waals surface area contributed by atoms with Gasteiger partial charge in [0.05, 0.1) is 12.7 Å². The highest BCUT2D eigenvalue weighted by molar-refractivity contribution is 14.1. The van der Waals surface area contributed by atoms with Crippen molar-refractivity contribution < 1.29 is 14.3 Å². The van der Waals surface area contributed by atoms with Gasteiger partial charge in [0, 0.05) is 4.47 Å². The van der Waals surface area contributed by atoms with E-state index in [0.717, 1.165) is 34.1 Å². The lowest BCUT2D eigenvalue weighted by Gasteiger charge is -2.11. The Hall–Kier alpha value is -1.72. The van der Waals surface area contributed by atoms with Gasteiger partial charge in [0.1, 0.15) is 12.4 Å². The van der Waals surface area contributed by atoms with Gasteiger partial charge in [-0.1, -0.05) is 42.5 Å². The highest BCUT2D eigenvalue weighted by Gasteiger charge is 2.25. The second kappa shape index (κ2) is 9.61. The first-order chi connectivity index (χ1) is 14.5. The maximum Gasteiger partial charge on any atom is 0.363 e. The third kappa shape index (κ3) is 4.94. The van der Waals surface area contributed by atoms with Crippen molar-refractivity contribution in [2.24, 2.45) is 4.99 Å². The number of ether oxygens (including phenoxy) is 2. The van der Waals surface area contributed by atoms with Crippen molar-refractivity contribution in [1.29, 1.82) is 0 Å². The summed E-state index contributed by atoms with van der Waals surface area (Å²) in [4.78, 5) is 16.7. The molecule has 1 aliphatic rings. The van der Waals surface area contributed by atoms with E-state index in [1.54, 1.807) is 6.08 Å². The van der Waals surface area contributed by atoms with E-state index in [1.807, 2.05) is 66.7 Å². The summed E-state index contributed by atoms with van der Waals surface area (Å²) in [6, 6.07) is 21.5. The van der Waals surface area contributed by atoms with E-state index in [4.69, 9.17) is 9.47 Å². The molecule has 0 amide bonds. The molecule has 4 nitrogen and oxygen atoms in total.